The molecule has 0 aliphatic carbocycles. The largest absolute Gasteiger partial charge is 0.487 e. The minimum atomic E-state index is -0.286. The van der Waals surface area contributed by atoms with Crippen LogP contribution >= 0.6 is 11.6 Å². The van der Waals surface area contributed by atoms with E-state index in [1.807, 2.05) is 83.4 Å². The summed E-state index contributed by atoms with van der Waals surface area (Å²) in [5, 5.41) is 4.88. The van der Waals surface area contributed by atoms with Crippen molar-refractivity contribution in [1.82, 2.24) is 9.38 Å². The molecule has 0 unspecified atom stereocenters. The highest BCUT2D eigenvalue weighted by molar-refractivity contribution is 6.29. The molecule has 4 aromatic rings. The fourth-order valence-corrected chi connectivity index (χ4v) is 3.52. The SMILES string of the molecule is COC(=O)CCC(=NOCc1ccc(OCc2cn3c(Cl)cccc3n2)cc1)c1ccccc1. The maximum atomic E-state index is 11.5. The second-order valence-corrected chi connectivity index (χ2v) is 7.88. The number of rotatable bonds is 10. The van der Waals surface area contributed by atoms with Gasteiger partial charge < -0.3 is 14.3 Å². The van der Waals surface area contributed by atoms with E-state index in [1.165, 1.54) is 7.11 Å². The van der Waals surface area contributed by atoms with E-state index in [2.05, 4.69) is 10.1 Å². The first-order valence-electron chi connectivity index (χ1n) is 10.8. The van der Waals surface area contributed by atoms with E-state index in [1.54, 1.807) is 0 Å². The van der Waals surface area contributed by atoms with Crippen LogP contribution < -0.4 is 4.74 Å². The topological polar surface area (TPSA) is 74.4 Å². The number of carbonyl (C=O) groups excluding carboxylic acids is 1. The molecule has 0 amide bonds. The van der Waals surface area contributed by atoms with Gasteiger partial charge in [0.1, 0.15) is 29.8 Å². The zero-order chi connectivity index (χ0) is 23.8. The van der Waals surface area contributed by atoms with Gasteiger partial charge in [-0.15, -0.1) is 0 Å². The Hall–Kier alpha value is -3.84. The predicted molar refractivity (Wildman–Crippen MR) is 130 cm³/mol. The molecular weight excluding hydrogens is 454 g/mol. The summed E-state index contributed by atoms with van der Waals surface area (Å²) in [6.45, 7) is 0.624. The zero-order valence-electron chi connectivity index (χ0n) is 18.7. The number of hydrogen-bond donors (Lipinski definition) is 0. The molecule has 2 aromatic heterocycles. The molecule has 0 radical (unpaired) electrons. The van der Waals surface area contributed by atoms with Gasteiger partial charge in [0, 0.05) is 12.6 Å². The van der Waals surface area contributed by atoms with Crippen molar-refractivity contribution in [2.24, 2.45) is 5.16 Å². The first-order chi connectivity index (χ1) is 16.6. The number of aromatic nitrogens is 2. The fourth-order valence-electron chi connectivity index (χ4n) is 3.32. The van der Waals surface area contributed by atoms with Crippen molar-refractivity contribution in [3.8, 4) is 5.75 Å². The Morgan fingerprint density at radius 2 is 1.76 bits per heavy atom. The van der Waals surface area contributed by atoms with Crippen molar-refractivity contribution in [3.63, 3.8) is 0 Å². The molecule has 0 atom stereocenters. The Bertz CT molecular complexity index is 1270. The van der Waals surface area contributed by atoms with Crippen molar-refractivity contribution in [3.05, 3.63) is 101 Å². The first kappa shape index (κ1) is 23.3. The molecular formula is C26H24ClN3O4. The van der Waals surface area contributed by atoms with E-state index < -0.39 is 0 Å². The third kappa shape index (κ3) is 6.14. The van der Waals surface area contributed by atoms with E-state index in [-0.39, 0.29) is 12.4 Å². The maximum absolute atomic E-state index is 11.5. The molecule has 2 aromatic carbocycles. The number of oxime groups is 1. The van der Waals surface area contributed by atoms with Crippen LogP contribution in [0.3, 0.4) is 0 Å². The number of esters is 1. The van der Waals surface area contributed by atoms with E-state index in [0.29, 0.717) is 30.5 Å². The lowest BCUT2D eigenvalue weighted by Crippen LogP contribution is -2.08. The predicted octanol–water partition coefficient (Wildman–Crippen LogP) is 5.44. The van der Waals surface area contributed by atoms with Crippen molar-refractivity contribution < 1.29 is 19.1 Å². The number of pyridine rings is 1. The van der Waals surface area contributed by atoms with Crippen LogP contribution in [0.1, 0.15) is 29.7 Å². The van der Waals surface area contributed by atoms with Crippen LogP contribution in [0.25, 0.3) is 5.65 Å². The number of carbonyl (C=O) groups is 1. The van der Waals surface area contributed by atoms with Crippen LogP contribution in [-0.2, 0) is 27.6 Å². The van der Waals surface area contributed by atoms with E-state index >= 15 is 0 Å². The zero-order valence-corrected chi connectivity index (χ0v) is 19.4. The molecule has 2 heterocycles. The van der Waals surface area contributed by atoms with Gasteiger partial charge in [-0.3, -0.25) is 9.20 Å². The van der Waals surface area contributed by atoms with Gasteiger partial charge in [-0.2, -0.15) is 0 Å². The number of imidazole rings is 1. The van der Waals surface area contributed by atoms with Crippen LogP contribution in [0.2, 0.25) is 5.15 Å². The highest BCUT2D eigenvalue weighted by Crippen LogP contribution is 2.17. The van der Waals surface area contributed by atoms with Gasteiger partial charge >= 0.3 is 5.97 Å². The average Bonchev–Trinajstić information content (AvgIpc) is 3.30. The van der Waals surface area contributed by atoms with E-state index in [4.69, 9.17) is 25.9 Å². The van der Waals surface area contributed by atoms with Crippen molar-refractivity contribution >= 4 is 28.9 Å². The third-order valence-corrected chi connectivity index (χ3v) is 5.42. The Morgan fingerprint density at radius 1 is 0.971 bits per heavy atom. The van der Waals surface area contributed by atoms with Crippen LogP contribution in [0.5, 0.6) is 5.75 Å². The van der Waals surface area contributed by atoms with Gasteiger partial charge in [-0.25, -0.2) is 4.98 Å². The third-order valence-electron chi connectivity index (χ3n) is 5.11. The number of methoxy groups -OCH3 is 1. The standard InChI is InChI=1S/C26H24ClN3O4/c1-32-26(31)15-14-23(20-6-3-2-4-7-20)29-34-17-19-10-12-22(13-11-19)33-18-21-16-30-24(27)8-5-9-25(30)28-21/h2-13,16H,14-15,17-18H2,1H3. The minimum absolute atomic E-state index is 0.234. The van der Waals surface area contributed by atoms with Gasteiger partial charge in [-0.05, 0) is 35.4 Å². The molecule has 174 valence electrons. The molecule has 0 saturated carbocycles. The van der Waals surface area contributed by atoms with Gasteiger partial charge in [0.05, 0.1) is 24.9 Å². The summed E-state index contributed by atoms with van der Waals surface area (Å²) in [6.07, 6.45) is 2.53. The number of ether oxygens (including phenoxy) is 2. The first-order valence-corrected chi connectivity index (χ1v) is 11.2. The second kappa shape index (κ2) is 11.3. The maximum Gasteiger partial charge on any atom is 0.305 e. The monoisotopic (exact) mass is 477 g/mol. The lowest BCUT2D eigenvalue weighted by molar-refractivity contribution is -0.140. The number of fused-ring (bicyclic) bond motifs is 1. The van der Waals surface area contributed by atoms with Crippen LogP contribution in [0, 0.1) is 0 Å². The molecule has 0 aliphatic rings. The Labute approximate surface area is 202 Å². The van der Waals surface area contributed by atoms with E-state index in [9.17, 15) is 4.79 Å². The lowest BCUT2D eigenvalue weighted by atomic mass is 10.1. The normalized spacial score (nSPS) is 11.4. The van der Waals surface area contributed by atoms with Crippen LogP contribution in [-0.4, -0.2) is 28.2 Å². The minimum Gasteiger partial charge on any atom is -0.487 e. The molecule has 4 rings (SSSR count). The lowest BCUT2D eigenvalue weighted by Gasteiger charge is -2.08. The van der Waals surface area contributed by atoms with Crippen molar-refractivity contribution in [2.45, 2.75) is 26.1 Å². The Kier molecular flexibility index (Phi) is 7.78. The summed E-state index contributed by atoms with van der Waals surface area (Å²) in [4.78, 5) is 21.6. The molecule has 0 aliphatic heterocycles. The van der Waals surface area contributed by atoms with Gasteiger partial charge in [-0.1, -0.05) is 65.3 Å². The summed E-state index contributed by atoms with van der Waals surface area (Å²) in [7, 11) is 1.37. The average molecular weight is 478 g/mol. The Morgan fingerprint density at radius 3 is 2.50 bits per heavy atom. The molecule has 34 heavy (non-hydrogen) atoms. The van der Waals surface area contributed by atoms with E-state index in [0.717, 1.165) is 28.2 Å². The molecule has 0 N–H and O–H groups in total. The molecule has 0 spiro atoms. The number of halogens is 1. The number of benzene rings is 2. The smallest absolute Gasteiger partial charge is 0.305 e. The van der Waals surface area contributed by atoms with Gasteiger partial charge in [0.25, 0.3) is 0 Å². The molecule has 0 bridgehead atoms. The highest BCUT2D eigenvalue weighted by Gasteiger charge is 2.09. The fraction of sp³-hybridized carbons (Fsp3) is 0.192. The summed E-state index contributed by atoms with van der Waals surface area (Å²) in [5.74, 6) is 0.435. The summed E-state index contributed by atoms with van der Waals surface area (Å²) >= 11 is 6.18. The van der Waals surface area contributed by atoms with Crippen molar-refractivity contribution in [1.29, 1.82) is 0 Å². The summed E-state index contributed by atoms with van der Waals surface area (Å²) in [6, 6.07) is 22.8. The van der Waals surface area contributed by atoms with Crippen LogP contribution in [0.4, 0.5) is 0 Å². The second-order valence-electron chi connectivity index (χ2n) is 7.50. The quantitative estimate of drug-likeness (QED) is 0.131. The summed E-state index contributed by atoms with van der Waals surface area (Å²) in [5.41, 5.74) is 4.11. The van der Waals surface area contributed by atoms with Crippen molar-refractivity contribution in [2.75, 3.05) is 7.11 Å². The molecule has 0 saturated heterocycles. The molecule has 8 heteroatoms. The molecule has 0 fully saturated rings. The molecule has 7 nitrogen and oxygen atoms in total. The Balaban J connectivity index is 1.33. The van der Waals surface area contributed by atoms with Gasteiger partial charge in [0.15, 0.2) is 0 Å². The summed E-state index contributed by atoms with van der Waals surface area (Å²) < 4.78 is 12.4. The van der Waals surface area contributed by atoms with Gasteiger partial charge in [0.2, 0.25) is 0 Å². The highest BCUT2D eigenvalue weighted by atomic mass is 35.5. The van der Waals surface area contributed by atoms with Crippen LogP contribution in [0.15, 0.2) is 84.1 Å². The number of nitrogens with zero attached hydrogens (tertiary/aromatic N) is 3. The number of hydrogen-bond acceptors (Lipinski definition) is 6.